The minimum Gasteiger partial charge on any atom is -0.474 e. The van der Waals surface area contributed by atoms with Crippen LogP contribution in [0.25, 0.3) is 0 Å². The number of anilines is 1. The predicted molar refractivity (Wildman–Crippen MR) is 82.8 cm³/mol. The fraction of sp³-hybridized carbons (Fsp3) is 0.615. The van der Waals surface area contributed by atoms with Crippen LogP contribution in [0.2, 0.25) is 0 Å². The van der Waals surface area contributed by atoms with Crippen LogP contribution in [0.15, 0.2) is 16.7 Å². The van der Waals surface area contributed by atoms with Gasteiger partial charge in [0.2, 0.25) is 15.9 Å². The van der Waals surface area contributed by atoms with E-state index < -0.39 is 15.7 Å². The number of sulfonamides is 1. The molecule has 1 aliphatic carbocycles. The monoisotopic (exact) mass is 380 g/mol. The number of rotatable bonds is 4. The lowest BCUT2D eigenvalue weighted by Gasteiger charge is -2.31. The second kappa shape index (κ2) is 6.08. The summed E-state index contributed by atoms with van der Waals surface area (Å²) >= 11 is 3.31. The quantitative estimate of drug-likeness (QED) is 0.869. The van der Waals surface area contributed by atoms with Crippen molar-refractivity contribution in [1.82, 2.24) is 4.98 Å². The topological polar surface area (TPSA) is 68.3 Å². The third kappa shape index (κ3) is 5.10. The highest BCUT2D eigenvalue weighted by Gasteiger charge is 2.31. The first-order chi connectivity index (χ1) is 9.65. The fourth-order valence-corrected chi connectivity index (χ4v) is 3.23. The van der Waals surface area contributed by atoms with Crippen LogP contribution in [0.4, 0.5) is 10.1 Å². The van der Waals surface area contributed by atoms with Gasteiger partial charge in [0.25, 0.3) is 0 Å². The molecule has 0 atom stereocenters. The van der Waals surface area contributed by atoms with Gasteiger partial charge in [-0.2, -0.15) is 0 Å². The van der Waals surface area contributed by atoms with Crippen molar-refractivity contribution in [2.75, 3.05) is 11.0 Å². The maximum absolute atomic E-state index is 13.7. The first kappa shape index (κ1) is 16.5. The van der Waals surface area contributed by atoms with E-state index in [0.717, 1.165) is 6.26 Å². The van der Waals surface area contributed by atoms with Crippen LogP contribution < -0.4 is 9.46 Å². The molecule has 1 fully saturated rings. The van der Waals surface area contributed by atoms with Crippen LogP contribution in [0.3, 0.4) is 0 Å². The largest absolute Gasteiger partial charge is 0.474 e. The second-order valence-corrected chi connectivity index (χ2v) is 8.22. The maximum atomic E-state index is 13.7. The molecule has 8 heteroatoms. The molecule has 1 saturated carbocycles. The number of hydrogen-bond acceptors (Lipinski definition) is 4. The molecule has 0 saturated heterocycles. The molecule has 0 spiro atoms. The smallest absolute Gasteiger partial charge is 0.229 e. The predicted octanol–water partition coefficient (Wildman–Crippen LogP) is 3.27. The van der Waals surface area contributed by atoms with Crippen molar-refractivity contribution >= 4 is 31.6 Å². The van der Waals surface area contributed by atoms with Gasteiger partial charge < -0.3 is 4.74 Å². The minimum absolute atomic E-state index is 0.0636. The fourth-order valence-electron chi connectivity index (χ4n) is 2.25. The highest BCUT2D eigenvalue weighted by atomic mass is 79.9. The lowest BCUT2D eigenvalue weighted by Crippen LogP contribution is -2.31. The van der Waals surface area contributed by atoms with Gasteiger partial charge in [-0.3, -0.25) is 4.72 Å². The van der Waals surface area contributed by atoms with E-state index >= 15 is 0 Å². The van der Waals surface area contributed by atoms with E-state index in [9.17, 15) is 12.8 Å². The van der Waals surface area contributed by atoms with Gasteiger partial charge in [-0.15, -0.1) is 0 Å². The molecular weight excluding hydrogens is 363 g/mol. The van der Waals surface area contributed by atoms with Crippen molar-refractivity contribution in [3.8, 4) is 5.88 Å². The first-order valence-corrected chi connectivity index (χ1v) is 9.32. The molecule has 5 nitrogen and oxygen atoms in total. The second-order valence-electron chi connectivity index (χ2n) is 5.62. The summed E-state index contributed by atoms with van der Waals surface area (Å²) in [7, 11) is -3.34. The zero-order chi connectivity index (χ0) is 15.7. The Bertz CT molecular complexity index is 612. The molecule has 21 heavy (non-hydrogen) atoms. The molecule has 1 N–H and O–H groups in total. The SMILES string of the molecule is CC1(F)CCC(Oc2ncc(NS(C)(=O)=O)cc2Br)CC1. The summed E-state index contributed by atoms with van der Waals surface area (Å²) in [5.41, 5.74) is -0.745. The van der Waals surface area contributed by atoms with Gasteiger partial charge in [0, 0.05) is 0 Å². The number of ether oxygens (including phenoxy) is 1. The number of nitrogens with one attached hydrogen (secondary N) is 1. The molecule has 1 aliphatic rings. The van der Waals surface area contributed by atoms with Crippen LogP contribution in [0.1, 0.15) is 32.6 Å². The Morgan fingerprint density at radius 2 is 2.10 bits per heavy atom. The van der Waals surface area contributed by atoms with E-state index in [0.29, 0.717) is 41.7 Å². The lowest BCUT2D eigenvalue weighted by molar-refractivity contribution is 0.0553. The highest BCUT2D eigenvalue weighted by Crippen LogP contribution is 2.34. The summed E-state index contributed by atoms with van der Waals surface area (Å²) in [5.74, 6) is 0.390. The number of halogens is 2. The van der Waals surface area contributed by atoms with Crippen LogP contribution in [-0.2, 0) is 10.0 Å². The summed E-state index contributed by atoms with van der Waals surface area (Å²) < 4.78 is 44.7. The molecule has 0 unspecified atom stereocenters. The number of nitrogens with zero attached hydrogens (tertiary/aromatic N) is 1. The van der Waals surface area contributed by atoms with Crippen molar-refractivity contribution < 1.29 is 17.5 Å². The van der Waals surface area contributed by atoms with Gasteiger partial charge in [0.05, 0.1) is 22.6 Å². The molecule has 0 aromatic carbocycles. The van der Waals surface area contributed by atoms with E-state index in [2.05, 4.69) is 25.6 Å². The average molecular weight is 381 g/mol. The molecular formula is C13H18BrFN2O3S. The Balaban J connectivity index is 2.02. The number of pyridine rings is 1. The molecule has 1 aromatic heterocycles. The summed E-state index contributed by atoms with van der Waals surface area (Å²) in [4.78, 5) is 4.10. The average Bonchev–Trinajstić information content (AvgIpc) is 2.33. The Labute approximate surface area is 132 Å². The van der Waals surface area contributed by atoms with Crippen LogP contribution >= 0.6 is 15.9 Å². The van der Waals surface area contributed by atoms with Crippen molar-refractivity contribution in [3.63, 3.8) is 0 Å². The Kier molecular flexibility index (Phi) is 4.77. The van der Waals surface area contributed by atoms with E-state index in [-0.39, 0.29) is 6.10 Å². The Morgan fingerprint density at radius 3 is 2.62 bits per heavy atom. The number of alkyl halides is 1. The van der Waals surface area contributed by atoms with Gasteiger partial charge in [-0.05, 0) is 54.6 Å². The van der Waals surface area contributed by atoms with Gasteiger partial charge >= 0.3 is 0 Å². The minimum atomic E-state index is -3.34. The highest BCUT2D eigenvalue weighted by molar-refractivity contribution is 9.10. The van der Waals surface area contributed by atoms with E-state index in [1.165, 1.54) is 6.20 Å². The van der Waals surface area contributed by atoms with Crippen LogP contribution in [-0.4, -0.2) is 31.4 Å². The Hall–Kier alpha value is -0.890. The summed E-state index contributed by atoms with van der Waals surface area (Å²) in [5, 5.41) is 0. The van der Waals surface area contributed by atoms with E-state index in [1.54, 1.807) is 13.0 Å². The van der Waals surface area contributed by atoms with Gasteiger partial charge in [0.15, 0.2) is 0 Å². The van der Waals surface area contributed by atoms with Gasteiger partial charge in [-0.25, -0.2) is 17.8 Å². The molecule has 0 amide bonds. The molecule has 118 valence electrons. The lowest BCUT2D eigenvalue weighted by atomic mass is 9.86. The molecule has 1 heterocycles. The Morgan fingerprint density at radius 1 is 1.48 bits per heavy atom. The molecule has 1 aromatic rings. The summed E-state index contributed by atoms with van der Waals surface area (Å²) in [6, 6.07) is 1.59. The molecule has 2 rings (SSSR count). The van der Waals surface area contributed by atoms with E-state index in [1.807, 2.05) is 0 Å². The zero-order valence-electron chi connectivity index (χ0n) is 11.9. The van der Waals surface area contributed by atoms with Crippen molar-refractivity contribution in [1.29, 1.82) is 0 Å². The third-order valence-corrected chi connectivity index (χ3v) is 4.54. The summed E-state index contributed by atoms with van der Waals surface area (Å²) in [6.45, 7) is 1.61. The standard InChI is InChI=1S/C13H18BrFN2O3S/c1-13(15)5-3-10(4-6-13)20-12-11(14)7-9(8-16-12)17-21(2,18)19/h7-8,10,17H,3-6H2,1-2H3. The van der Waals surface area contributed by atoms with Crippen molar-refractivity contribution in [2.45, 2.75) is 44.4 Å². The maximum Gasteiger partial charge on any atom is 0.229 e. The molecule has 0 bridgehead atoms. The van der Waals surface area contributed by atoms with Crippen molar-refractivity contribution in [2.24, 2.45) is 0 Å². The van der Waals surface area contributed by atoms with Crippen LogP contribution in [0.5, 0.6) is 5.88 Å². The third-order valence-electron chi connectivity index (χ3n) is 3.36. The zero-order valence-corrected chi connectivity index (χ0v) is 14.3. The van der Waals surface area contributed by atoms with Gasteiger partial charge in [-0.1, -0.05) is 0 Å². The normalized spacial score (nSPS) is 26.4. The first-order valence-electron chi connectivity index (χ1n) is 6.63. The van der Waals surface area contributed by atoms with Crippen LogP contribution in [0, 0.1) is 0 Å². The number of aromatic nitrogens is 1. The van der Waals surface area contributed by atoms with E-state index in [4.69, 9.17) is 4.74 Å². The number of hydrogen-bond donors (Lipinski definition) is 1. The van der Waals surface area contributed by atoms with Crippen molar-refractivity contribution in [3.05, 3.63) is 16.7 Å². The summed E-state index contributed by atoms with van der Waals surface area (Å²) in [6.07, 6.45) is 4.64. The molecule has 0 aliphatic heterocycles. The molecule has 0 radical (unpaired) electrons. The van der Waals surface area contributed by atoms with Gasteiger partial charge in [0.1, 0.15) is 11.8 Å².